The fourth-order valence-corrected chi connectivity index (χ4v) is 3.04. The van der Waals surface area contributed by atoms with E-state index in [0.29, 0.717) is 12.6 Å². The van der Waals surface area contributed by atoms with E-state index < -0.39 is 6.03 Å². The number of nitrogens with two attached hydrogens (primary N) is 1. The van der Waals surface area contributed by atoms with Crippen LogP contribution in [0.2, 0.25) is 0 Å². The van der Waals surface area contributed by atoms with E-state index in [1.807, 2.05) is 0 Å². The van der Waals surface area contributed by atoms with Gasteiger partial charge in [-0.2, -0.15) is 0 Å². The molecule has 5 nitrogen and oxygen atoms in total. The number of nitrogens with zero attached hydrogens (tertiary/aromatic N) is 1. The second-order valence-corrected chi connectivity index (χ2v) is 4.96. The number of primary amides is 1. The van der Waals surface area contributed by atoms with Crippen molar-refractivity contribution in [1.82, 2.24) is 15.5 Å². The molecule has 2 aliphatic heterocycles. The van der Waals surface area contributed by atoms with Crippen molar-refractivity contribution in [3.63, 3.8) is 0 Å². The number of piperidine rings is 1. The Labute approximate surface area is 96.7 Å². The summed E-state index contributed by atoms with van der Waals surface area (Å²) in [6.07, 6.45) is 5.17. The summed E-state index contributed by atoms with van der Waals surface area (Å²) in [5, 5.41) is 6.10. The van der Waals surface area contributed by atoms with Crippen molar-refractivity contribution in [3.05, 3.63) is 0 Å². The Morgan fingerprint density at radius 2 is 1.94 bits per heavy atom. The fourth-order valence-electron chi connectivity index (χ4n) is 3.04. The van der Waals surface area contributed by atoms with Crippen molar-refractivity contribution in [2.75, 3.05) is 20.1 Å². The van der Waals surface area contributed by atoms with Gasteiger partial charge in [0.25, 0.3) is 0 Å². The average Bonchev–Trinajstić information content (AvgIpc) is 2.50. The first-order valence-corrected chi connectivity index (χ1v) is 6.15. The maximum atomic E-state index is 10.5. The monoisotopic (exact) mass is 226 g/mol. The first-order chi connectivity index (χ1) is 7.66. The summed E-state index contributed by atoms with van der Waals surface area (Å²) in [7, 11) is 2.24. The van der Waals surface area contributed by atoms with E-state index in [1.165, 1.54) is 25.7 Å². The molecule has 2 heterocycles. The second-order valence-electron chi connectivity index (χ2n) is 4.96. The van der Waals surface area contributed by atoms with Crippen molar-refractivity contribution < 1.29 is 4.79 Å². The average molecular weight is 226 g/mol. The topological polar surface area (TPSA) is 70.4 Å². The molecule has 0 aromatic heterocycles. The van der Waals surface area contributed by atoms with Crippen molar-refractivity contribution in [1.29, 1.82) is 0 Å². The molecular weight excluding hydrogens is 204 g/mol. The Morgan fingerprint density at radius 1 is 1.31 bits per heavy atom. The lowest BCUT2D eigenvalue weighted by Gasteiger charge is -2.36. The number of urea groups is 1. The molecule has 92 valence electrons. The molecule has 2 fully saturated rings. The van der Waals surface area contributed by atoms with E-state index in [2.05, 4.69) is 22.6 Å². The van der Waals surface area contributed by atoms with Crippen LogP contribution in [0.4, 0.5) is 4.79 Å². The van der Waals surface area contributed by atoms with Gasteiger partial charge in [-0.15, -0.1) is 0 Å². The normalized spacial score (nSPS) is 33.9. The van der Waals surface area contributed by atoms with E-state index in [0.717, 1.165) is 18.6 Å². The smallest absolute Gasteiger partial charge is 0.312 e. The van der Waals surface area contributed by atoms with Crippen LogP contribution in [0, 0.1) is 0 Å². The van der Waals surface area contributed by atoms with Crippen LogP contribution in [0.15, 0.2) is 0 Å². The molecule has 2 aliphatic rings. The number of fused-ring (bicyclic) bond motifs is 2. The molecule has 0 aromatic rings. The van der Waals surface area contributed by atoms with Crippen LogP contribution in [-0.4, -0.2) is 49.2 Å². The fraction of sp³-hybridized carbons (Fsp3) is 0.909. The van der Waals surface area contributed by atoms with Crippen LogP contribution in [0.25, 0.3) is 0 Å². The highest BCUT2D eigenvalue weighted by Crippen LogP contribution is 2.33. The van der Waals surface area contributed by atoms with Gasteiger partial charge in [0.2, 0.25) is 0 Å². The van der Waals surface area contributed by atoms with Crippen LogP contribution < -0.4 is 16.4 Å². The summed E-state index contributed by atoms with van der Waals surface area (Å²) in [6, 6.07) is 1.70. The largest absolute Gasteiger partial charge is 0.352 e. The molecule has 4 N–H and O–H groups in total. The Morgan fingerprint density at radius 3 is 2.50 bits per heavy atom. The number of hydrogen-bond acceptors (Lipinski definition) is 3. The lowest BCUT2D eigenvalue weighted by Crippen LogP contribution is -2.48. The molecule has 2 atom stereocenters. The summed E-state index contributed by atoms with van der Waals surface area (Å²) in [6.45, 7) is 1.44. The number of carbonyl (C=O) groups excluding carboxylic acids is 1. The number of nitrogens with one attached hydrogen (secondary N) is 2. The van der Waals surface area contributed by atoms with Gasteiger partial charge in [0.05, 0.1) is 0 Å². The molecule has 2 amide bonds. The number of carbonyl (C=O) groups is 1. The SMILES string of the molecule is CN1C2CCC1CC(NCCNC(N)=O)C2. The Kier molecular flexibility index (Phi) is 3.66. The highest BCUT2D eigenvalue weighted by Gasteiger charge is 2.37. The molecule has 16 heavy (non-hydrogen) atoms. The van der Waals surface area contributed by atoms with E-state index >= 15 is 0 Å². The molecule has 2 unspecified atom stereocenters. The highest BCUT2D eigenvalue weighted by molar-refractivity contribution is 5.71. The van der Waals surface area contributed by atoms with Crippen molar-refractivity contribution in [3.8, 4) is 0 Å². The second kappa shape index (κ2) is 5.01. The van der Waals surface area contributed by atoms with Gasteiger partial charge in [0.15, 0.2) is 0 Å². The van der Waals surface area contributed by atoms with Crippen molar-refractivity contribution >= 4 is 6.03 Å². The van der Waals surface area contributed by atoms with Crippen LogP contribution in [0.1, 0.15) is 25.7 Å². The predicted octanol–water partition coefficient (Wildman–Crippen LogP) is -0.130. The maximum Gasteiger partial charge on any atom is 0.312 e. The number of hydrogen-bond donors (Lipinski definition) is 3. The summed E-state index contributed by atoms with van der Waals surface area (Å²) in [4.78, 5) is 13.0. The van der Waals surface area contributed by atoms with Crippen LogP contribution in [0.5, 0.6) is 0 Å². The van der Waals surface area contributed by atoms with E-state index in [9.17, 15) is 4.79 Å². The van der Waals surface area contributed by atoms with E-state index in [1.54, 1.807) is 0 Å². The lowest BCUT2D eigenvalue weighted by molar-refractivity contribution is 0.149. The molecule has 2 rings (SSSR count). The van der Waals surface area contributed by atoms with Gasteiger partial charge in [-0.3, -0.25) is 0 Å². The number of rotatable bonds is 4. The summed E-state index contributed by atoms with van der Waals surface area (Å²) in [5.74, 6) is 0. The van der Waals surface area contributed by atoms with E-state index in [4.69, 9.17) is 5.73 Å². The van der Waals surface area contributed by atoms with Gasteiger partial charge in [0.1, 0.15) is 0 Å². The zero-order chi connectivity index (χ0) is 11.5. The Balaban J connectivity index is 1.66. The minimum absolute atomic E-state index is 0.440. The first kappa shape index (κ1) is 11.7. The Hall–Kier alpha value is -0.810. The standard InChI is InChI=1S/C11H22N4O/c1-15-9-2-3-10(15)7-8(6-9)13-4-5-14-11(12)16/h8-10,13H,2-7H2,1H3,(H3,12,14,16). The third-order valence-corrected chi connectivity index (χ3v) is 3.96. The van der Waals surface area contributed by atoms with Crippen LogP contribution >= 0.6 is 0 Å². The minimum atomic E-state index is -0.440. The molecule has 0 aromatic carbocycles. The molecule has 0 saturated carbocycles. The van der Waals surface area contributed by atoms with Gasteiger partial charge in [-0.05, 0) is 32.7 Å². The van der Waals surface area contributed by atoms with E-state index in [-0.39, 0.29) is 0 Å². The molecule has 0 aliphatic carbocycles. The third-order valence-electron chi connectivity index (χ3n) is 3.96. The molecular formula is C11H22N4O. The van der Waals surface area contributed by atoms with Gasteiger partial charge in [-0.1, -0.05) is 0 Å². The quantitative estimate of drug-likeness (QED) is 0.585. The third kappa shape index (κ3) is 2.65. The van der Waals surface area contributed by atoms with Gasteiger partial charge < -0.3 is 21.3 Å². The van der Waals surface area contributed by atoms with Crippen LogP contribution in [-0.2, 0) is 0 Å². The molecule has 0 spiro atoms. The predicted molar refractivity (Wildman–Crippen MR) is 63.2 cm³/mol. The molecule has 0 radical (unpaired) electrons. The van der Waals surface area contributed by atoms with Gasteiger partial charge in [-0.25, -0.2) is 4.79 Å². The molecule has 5 heteroatoms. The summed E-state index contributed by atoms with van der Waals surface area (Å²) >= 11 is 0. The maximum absolute atomic E-state index is 10.5. The summed E-state index contributed by atoms with van der Waals surface area (Å²) in [5.41, 5.74) is 5.00. The lowest BCUT2D eigenvalue weighted by atomic mass is 9.98. The van der Waals surface area contributed by atoms with Gasteiger partial charge in [0, 0.05) is 31.2 Å². The zero-order valence-electron chi connectivity index (χ0n) is 9.91. The molecule has 2 bridgehead atoms. The van der Waals surface area contributed by atoms with Crippen molar-refractivity contribution in [2.45, 2.75) is 43.8 Å². The minimum Gasteiger partial charge on any atom is -0.352 e. The Bertz CT molecular complexity index is 244. The van der Waals surface area contributed by atoms with Crippen molar-refractivity contribution in [2.24, 2.45) is 5.73 Å². The highest BCUT2D eigenvalue weighted by atomic mass is 16.2. The number of amides is 2. The first-order valence-electron chi connectivity index (χ1n) is 6.15. The van der Waals surface area contributed by atoms with Gasteiger partial charge >= 0.3 is 6.03 Å². The summed E-state index contributed by atoms with van der Waals surface area (Å²) < 4.78 is 0. The zero-order valence-corrected chi connectivity index (χ0v) is 9.91. The van der Waals surface area contributed by atoms with Crippen LogP contribution in [0.3, 0.4) is 0 Å². The molecule has 2 saturated heterocycles.